The Kier molecular flexibility index (Phi) is 5.04. The fourth-order valence-corrected chi connectivity index (χ4v) is 3.62. The van der Waals surface area contributed by atoms with E-state index in [4.69, 9.17) is 21.4 Å². The van der Waals surface area contributed by atoms with Crippen LogP contribution in [0.4, 0.5) is 0 Å². The molecule has 7 heteroatoms. The first-order valence-corrected chi connectivity index (χ1v) is 8.24. The van der Waals surface area contributed by atoms with Gasteiger partial charge < -0.3 is 9.84 Å². The molecule has 20 heavy (non-hydrogen) atoms. The summed E-state index contributed by atoms with van der Waals surface area (Å²) in [5, 5.41) is 9.52. The van der Waals surface area contributed by atoms with E-state index in [1.807, 2.05) is 0 Å². The van der Waals surface area contributed by atoms with E-state index in [-0.39, 0.29) is 17.6 Å². The molecule has 1 unspecified atom stereocenters. The van der Waals surface area contributed by atoms with Crippen LogP contribution < -0.4 is 0 Å². The number of ether oxygens (including phenoxy) is 1. The van der Waals surface area contributed by atoms with Crippen LogP contribution in [0.25, 0.3) is 0 Å². The van der Waals surface area contributed by atoms with Crippen molar-refractivity contribution in [1.82, 2.24) is 4.31 Å². The first-order chi connectivity index (χ1) is 9.45. The molecule has 5 nitrogen and oxygen atoms in total. The Hall–Kier alpha value is -0.660. The third-order valence-corrected chi connectivity index (χ3v) is 5.57. The van der Waals surface area contributed by atoms with Crippen molar-refractivity contribution in [3.63, 3.8) is 0 Å². The van der Waals surface area contributed by atoms with Crippen molar-refractivity contribution in [2.45, 2.75) is 30.4 Å². The van der Waals surface area contributed by atoms with Crippen molar-refractivity contribution in [1.29, 1.82) is 0 Å². The van der Waals surface area contributed by atoms with Crippen LogP contribution in [0, 0.1) is 0 Å². The Balaban J connectivity index is 2.20. The molecule has 1 saturated heterocycles. The highest BCUT2D eigenvalue weighted by Crippen LogP contribution is 2.23. The molecule has 0 radical (unpaired) electrons. The Morgan fingerprint density at radius 3 is 2.85 bits per heavy atom. The van der Waals surface area contributed by atoms with Crippen molar-refractivity contribution in [3.8, 4) is 0 Å². The molecule has 1 aromatic carbocycles. The molecule has 1 N–H and O–H groups in total. The Morgan fingerprint density at radius 2 is 2.25 bits per heavy atom. The van der Waals surface area contributed by atoms with E-state index in [1.165, 1.54) is 29.6 Å². The van der Waals surface area contributed by atoms with Crippen molar-refractivity contribution in [2.24, 2.45) is 0 Å². The van der Waals surface area contributed by atoms with Gasteiger partial charge in [0, 0.05) is 25.2 Å². The van der Waals surface area contributed by atoms with E-state index >= 15 is 0 Å². The van der Waals surface area contributed by atoms with E-state index in [1.54, 1.807) is 0 Å². The summed E-state index contributed by atoms with van der Waals surface area (Å²) in [6.45, 7) is 0.727. The van der Waals surface area contributed by atoms with E-state index in [0.29, 0.717) is 23.7 Å². The zero-order valence-electron chi connectivity index (χ0n) is 11.3. The molecule has 0 aliphatic carbocycles. The van der Waals surface area contributed by atoms with E-state index in [9.17, 15) is 8.42 Å². The van der Waals surface area contributed by atoms with Gasteiger partial charge >= 0.3 is 0 Å². The van der Waals surface area contributed by atoms with Crippen molar-refractivity contribution in [3.05, 3.63) is 28.8 Å². The number of rotatable bonds is 5. The molecule has 1 aliphatic heterocycles. The van der Waals surface area contributed by atoms with Gasteiger partial charge in [-0.2, -0.15) is 4.31 Å². The summed E-state index contributed by atoms with van der Waals surface area (Å²) in [4.78, 5) is 0.131. The lowest BCUT2D eigenvalue weighted by molar-refractivity contribution is 0.0979. The molecule has 0 aromatic heterocycles. The summed E-state index contributed by atoms with van der Waals surface area (Å²) in [7, 11) is -2.06. The summed E-state index contributed by atoms with van der Waals surface area (Å²) in [5.74, 6) is 0. The zero-order chi connectivity index (χ0) is 14.8. The molecule has 1 aromatic rings. The maximum Gasteiger partial charge on any atom is 0.242 e. The van der Waals surface area contributed by atoms with Gasteiger partial charge in [0.1, 0.15) is 0 Å². The van der Waals surface area contributed by atoms with Crippen LogP contribution in [0.15, 0.2) is 23.1 Å². The lowest BCUT2D eigenvalue weighted by atomic mass is 10.2. The Labute approximate surface area is 124 Å². The fourth-order valence-electron chi connectivity index (χ4n) is 2.19. The average molecular weight is 320 g/mol. The normalized spacial score (nSPS) is 19.7. The second-order valence-electron chi connectivity index (χ2n) is 4.83. The summed E-state index contributed by atoms with van der Waals surface area (Å²) < 4.78 is 31.6. The summed E-state index contributed by atoms with van der Waals surface area (Å²) in [6.07, 6.45) is 1.80. The van der Waals surface area contributed by atoms with Gasteiger partial charge in [-0.15, -0.1) is 0 Å². The molecular weight excluding hydrogens is 302 g/mol. The summed E-state index contributed by atoms with van der Waals surface area (Å²) in [5.41, 5.74) is 0.401. The number of likely N-dealkylation sites (N-methyl/N-ethyl adjacent to an activating group) is 1. The first kappa shape index (κ1) is 15.7. The lowest BCUT2D eigenvalue weighted by Crippen LogP contribution is -2.34. The number of hydrogen-bond donors (Lipinski definition) is 1. The minimum Gasteiger partial charge on any atom is -0.392 e. The minimum atomic E-state index is -3.59. The van der Waals surface area contributed by atoms with Crippen molar-refractivity contribution >= 4 is 21.6 Å². The smallest absolute Gasteiger partial charge is 0.242 e. The third-order valence-electron chi connectivity index (χ3n) is 3.38. The molecule has 1 aliphatic rings. The van der Waals surface area contributed by atoms with E-state index in [2.05, 4.69) is 0 Å². The number of benzene rings is 1. The number of halogens is 1. The second kappa shape index (κ2) is 6.41. The van der Waals surface area contributed by atoms with Crippen molar-refractivity contribution in [2.75, 3.05) is 20.2 Å². The predicted octanol–water partition coefficient (Wildman–Crippen LogP) is 1.63. The highest BCUT2D eigenvalue weighted by molar-refractivity contribution is 7.89. The van der Waals surface area contributed by atoms with Gasteiger partial charge in [-0.1, -0.05) is 11.6 Å². The fraction of sp³-hybridized carbons (Fsp3) is 0.538. The van der Waals surface area contributed by atoms with Crippen LogP contribution in [-0.4, -0.2) is 44.1 Å². The van der Waals surface area contributed by atoms with Crippen molar-refractivity contribution < 1.29 is 18.3 Å². The lowest BCUT2D eigenvalue weighted by Gasteiger charge is -2.21. The van der Waals surface area contributed by atoms with Gasteiger partial charge in [-0.05, 0) is 36.6 Å². The maximum atomic E-state index is 12.4. The average Bonchev–Trinajstić information content (AvgIpc) is 2.91. The van der Waals surface area contributed by atoms with Crippen LogP contribution >= 0.6 is 11.6 Å². The van der Waals surface area contributed by atoms with Crippen LogP contribution in [0.5, 0.6) is 0 Å². The standard InChI is InChI=1S/C13H18ClNO4S/c1-15(8-11-3-2-6-19-11)20(17,18)12-4-5-13(14)10(7-12)9-16/h4-5,7,11,16H,2-3,6,8-9H2,1H3. The molecule has 2 rings (SSSR count). The molecule has 0 bridgehead atoms. The SMILES string of the molecule is CN(CC1CCCO1)S(=O)(=O)c1ccc(Cl)c(CO)c1. The Morgan fingerprint density at radius 1 is 1.50 bits per heavy atom. The topological polar surface area (TPSA) is 66.8 Å². The van der Waals surface area contributed by atoms with Crippen LogP contribution in [-0.2, 0) is 21.4 Å². The second-order valence-corrected chi connectivity index (χ2v) is 7.28. The highest BCUT2D eigenvalue weighted by atomic mass is 35.5. The van der Waals surface area contributed by atoms with Gasteiger partial charge in [0.25, 0.3) is 0 Å². The predicted molar refractivity (Wildman–Crippen MR) is 76.2 cm³/mol. The largest absolute Gasteiger partial charge is 0.392 e. The van der Waals surface area contributed by atoms with Gasteiger partial charge in [-0.25, -0.2) is 8.42 Å². The molecule has 0 amide bonds. The molecule has 1 atom stereocenters. The van der Waals surface area contributed by atoms with Gasteiger partial charge in [-0.3, -0.25) is 0 Å². The number of nitrogens with zero attached hydrogens (tertiary/aromatic N) is 1. The third kappa shape index (κ3) is 3.32. The van der Waals surface area contributed by atoms with Crippen LogP contribution in [0.2, 0.25) is 5.02 Å². The molecule has 0 spiro atoms. The van der Waals surface area contributed by atoms with E-state index < -0.39 is 10.0 Å². The number of aliphatic hydroxyl groups is 1. The molecule has 112 valence electrons. The molecular formula is C13H18ClNO4S. The zero-order valence-corrected chi connectivity index (χ0v) is 12.8. The monoisotopic (exact) mass is 319 g/mol. The number of sulfonamides is 1. The molecule has 1 fully saturated rings. The molecule has 1 heterocycles. The molecule has 0 saturated carbocycles. The number of aliphatic hydroxyl groups excluding tert-OH is 1. The number of hydrogen-bond acceptors (Lipinski definition) is 4. The van der Waals surface area contributed by atoms with Gasteiger partial charge in [0.2, 0.25) is 10.0 Å². The Bertz CT molecular complexity index is 570. The van der Waals surface area contributed by atoms with E-state index in [0.717, 1.165) is 12.8 Å². The van der Waals surface area contributed by atoms with Crippen LogP contribution in [0.3, 0.4) is 0 Å². The highest BCUT2D eigenvalue weighted by Gasteiger charge is 2.26. The quantitative estimate of drug-likeness (QED) is 0.896. The summed E-state index contributed by atoms with van der Waals surface area (Å²) in [6, 6.07) is 4.34. The first-order valence-electron chi connectivity index (χ1n) is 6.42. The summed E-state index contributed by atoms with van der Waals surface area (Å²) >= 11 is 5.88. The van der Waals surface area contributed by atoms with Gasteiger partial charge in [0.05, 0.1) is 17.6 Å². The van der Waals surface area contributed by atoms with Gasteiger partial charge in [0.15, 0.2) is 0 Å². The van der Waals surface area contributed by atoms with Crippen LogP contribution in [0.1, 0.15) is 18.4 Å². The maximum absolute atomic E-state index is 12.4. The minimum absolute atomic E-state index is 0.0422.